The van der Waals surface area contributed by atoms with E-state index in [1.165, 1.54) is 0 Å². The normalized spacial score (nSPS) is 13.3. The van der Waals surface area contributed by atoms with Crippen molar-refractivity contribution in [2.24, 2.45) is 0 Å². The average molecular weight is 265 g/mol. The molecule has 0 saturated carbocycles. The zero-order valence-electron chi connectivity index (χ0n) is 11.3. The molecule has 0 saturated heterocycles. The summed E-state index contributed by atoms with van der Waals surface area (Å²) in [6.07, 6.45) is 3.50. The van der Waals surface area contributed by atoms with E-state index in [1.807, 2.05) is 42.1 Å². The van der Waals surface area contributed by atoms with E-state index >= 15 is 0 Å². The molecule has 0 spiro atoms. The molecule has 0 aromatic carbocycles. The van der Waals surface area contributed by atoms with Gasteiger partial charge < -0.3 is 9.88 Å². The predicted molar refractivity (Wildman–Crippen MR) is 77.8 cm³/mol. The Hall–Kier alpha value is -2.54. The van der Waals surface area contributed by atoms with Crippen molar-refractivity contribution in [1.82, 2.24) is 9.55 Å². The Kier molecular flexibility index (Phi) is 3.26. The van der Waals surface area contributed by atoms with Crippen LogP contribution in [0.15, 0.2) is 30.5 Å². The van der Waals surface area contributed by atoms with Gasteiger partial charge in [-0.1, -0.05) is 12.0 Å². The standard InChI is InChI=1S/C16H15N3O/c1-17-16-6-2-4-13(18-16)8-7-12-10-14-15(20)5-3-9-19(14)11-12/h2,4,6,10-11H,3,5,9H2,1H3,(H,17,18). The van der Waals surface area contributed by atoms with E-state index < -0.39 is 0 Å². The van der Waals surface area contributed by atoms with Crippen LogP contribution in [-0.4, -0.2) is 22.4 Å². The topological polar surface area (TPSA) is 46.9 Å². The highest BCUT2D eigenvalue weighted by Gasteiger charge is 2.17. The van der Waals surface area contributed by atoms with E-state index in [9.17, 15) is 4.79 Å². The molecule has 3 heterocycles. The quantitative estimate of drug-likeness (QED) is 0.805. The van der Waals surface area contributed by atoms with Crippen LogP contribution in [0, 0.1) is 11.8 Å². The summed E-state index contributed by atoms with van der Waals surface area (Å²) in [4.78, 5) is 16.1. The lowest BCUT2D eigenvalue weighted by Gasteiger charge is -2.12. The molecule has 0 fully saturated rings. The first-order chi connectivity index (χ1) is 9.76. The second kappa shape index (κ2) is 5.22. The highest BCUT2D eigenvalue weighted by molar-refractivity contribution is 5.95. The van der Waals surface area contributed by atoms with Crippen LogP contribution in [0.25, 0.3) is 0 Å². The van der Waals surface area contributed by atoms with Crippen LogP contribution >= 0.6 is 0 Å². The van der Waals surface area contributed by atoms with Crippen LogP contribution in [-0.2, 0) is 6.54 Å². The van der Waals surface area contributed by atoms with E-state index in [0.29, 0.717) is 12.1 Å². The van der Waals surface area contributed by atoms with Crippen molar-refractivity contribution in [1.29, 1.82) is 0 Å². The van der Waals surface area contributed by atoms with Crippen molar-refractivity contribution in [3.05, 3.63) is 47.4 Å². The van der Waals surface area contributed by atoms with Gasteiger partial charge in [-0.3, -0.25) is 4.79 Å². The molecule has 4 heteroatoms. The first-order valence-corrected chi connectivity index (χ1v) is 6.66. The molecule has 1 N–H and O–H groups in total. The molecule has 0 aliphatic carbocycles. The lowest BCUT2D eigenvalue weighted by molar-refractivity contribution is 0.0955. The summed E-state index contributed by atoms with van der Waals surface area (Å²) >= 11 is 0. The molecule has 3 rings (SSSR count). The molecule has 1 aliphatic heterocycles. The maximum atomic E-state index is 11.8. The molecular formula is C16H15N3O. The maximum Gasteiger partial charge on any atom is 0.179 e. The fourth-order valence-corrected chi connectivity index (χ4v) is 2.32. The zero-order chi connectivity index (χ0) is 13.9. The van der Waals surface area contributed by atoms with Crippen LogP contribution in [0.4, 0.5) is 5.82 Å². The summed E-state index contributed by atoms with van der Waals surface area (Å²) in [5, 5.41) is 2.98. The number of hydrogen-bond acceptors (Lipinski definition) is 3. The molecule has 4 nitrogen and oxygen atoms in total. The van der Waals surface area contributed by atoms with E-state index in [2.05, 4.69) is 22.1 Å². The summed E-state index contributed by atoms with van der Waals surface area (Å²) in [5.41, 5.74) is 2.36. The van der Waals surface area contributed by atoms with Gasteiger partial charge in [-0.25, -0.2) is 4.98 Å². The van der Waals surface area contributed by atoms with Gasteiger partial charge in [-0.05, 0) is 30.5 Å². The van der Waals surface area contributed by atoms with Crippen LogP contribution < -0.4 is 5.32 Å². The minimum absolute atomic E-state index is 0.208. The lowest BCUT2D eigenvalue weighted by atomic mass is 10.1. The highest BCUT2D eigenvalue weighted by Crippen LogP contribution is 2.17. The molecule has 1 aliphatic rings. The molecule has 100 valence electrons. The third-order valence-corrected chi connectivity index (χ3v) is 3.33. The number of carbonyl (C=O) groups is 1. The van der Waals surface area contributed by atoms with Crippen molar-refractivity contribution in [2.45, 2.75) is 19.4 Å². The average Bonchev–Trinajstić information content (AvgIpc) is 2.90. The van der Waals surface area contributed by atoms with Gasteiger partial charge in [-0.2, -0.15) is 0 Å². The van der Waals surface area contributed by atoms with Crippen molar-refractivity contribution in [3.8, 4) is 11.8 Å². The predicted octanol–water partition coefficient (Wildman–Crippen LogP) is 2.30. The Labute approximate surface area is 117 Å². The number of carbonyl (C=O) groups excluding carboxylic acids is 1. The number of anilines is 1. The number of pyridine rings is 1. The minimum Gasteiger partial charge on any atom is -0.373 e. The van der Waals surface area contributed by atoms with Gasteiger partial charge >= 0.3 is 0 Å². The number of hydrogen-bond donors (Lipinski definition) is 1. The molecule has 2 aromatic heterocycles. The van der Waals surface area contributed by atoms with E-state index in [-0.39, 0.29) is 5.78 Å². The van der Waals surface area contributed by atoms with Crippen molar-refractivity contribution >= 4 is 11.6 Å². The summed E-state index contributed by atoms with van der Waals surface area (Å²) in [5.74, 6) is 7.11. The van der Waals surface area contributed by atoms with Crippen LogP contribution in [0.2, 0.25) is 0 Å². The van der Waals surface area contributed by atoms with Gasteiger partial charge in [0.2, 0.25) is 0 Å². The third-order valence-electron chi connectivity index (χ3n) is 3.33. The second-order valence-electron chi connectivity index (χ2n) is 4.74. The lowest BCUT2D eigenvalue weighted by Crippen LogP contribution is -2.14. The molecule has 0 bridgehead atoms. The molecule has 2 aromatic rings. The first kappa shape index (κ1) is 12.5. The maximum absolute atomic E-state index is 11.8. The fraction of sp³-hybridized carbons (Fsp3) is 0.250. The van der Waals surface area contributed by atoms with E-state index in [0.717, 1.165) is 30.0 Å². The van der Waals surface area contributed by atoms with Crippen molar-refractivity contribution in [3.63, 3.8) is 0 Å². The molecule has 20 heavy (non-hydrogen) atoms. The van der Waals surface area contributed by atoms with Crippen molar-refractivity contribution < 1.29 is 4.79 Å². The van der Waals surface area contributed by atoms with Gasteiger partial charge in [0, 0.05) is 31.8 Å². The van der Waals surface area contributed by atoms with Crippen LogP contribution in [0.3, 0.4) is 0 Å². The highest BCUT2D eigenvalue weighted by atomic mass is 16.1. The number of nitrogens with zero attached hydrogens (tertiary/aromatic N) is 2. The van der Waals surface area contributed by atoms with Crippen molar-refractivity contribution in [2.75, 3.05) is 12.4 Å². The number of aryl methyl sites for hydroxylation is 1. The third kappa shape index (κ3) is 2.43. The Bertz CT molecular complexity index is 719. The first-order valence-electron chi connectivity index (χ1n) is 6.66. The monoisotopic (exact) mass is 265 g/mol. The molecule has 0 unspecified atom stereocenters. The summed E-state index contributed by atoms with van der Waals surface area (Å²) < 4.78 is 1.99. The second-order valence-corrected chi connectivity index (χ2v) is 4.74. The minimum atomic E-state index is 0.208. The fourth-order valence-electron chi connectivity index (χ4n) is 2.32. The van der Waals surface area contributed by atoms with Gasteiger partial charge in [0.25, 0.3) is 0 Å². The van der Waals surface area contributed by atoms with E-state index in [4.69, 9.17) is 0 Å². The van der Waals surface area contributed by atoms with Gasteiger partial charge in [0.05, 0.1) is 5.69 Å². The molecular weight excluding hydrogens is 250 g/mol. The number of fused-ring (bicyclic) bond motifs is 1. The number of rotatable bonds is 1. The smallest absolute Gasteiger partial charge is 0.179 e. The number of nitrogens with one attached hydrogen (secondary N) is 1. The summed E-state index contributed by atoms with van der Waals surface area (Å²) in [7, 11) is 1.83. The Morgan fingerprint density at radius 2 is 2.25 bits per heavy atom. The number of ketones is 1. The molecule has 0 atom stereocenters. The van der Waals surface area contributed by atoms with Gasteiger partial charge in [0.1, 0.15) is 11.5 Å². The van der Waals surface area contributed by atoms with Gasteiger partial charge in [0.15, 0.2) is 5.78 Å². The zero-order valence-corrected chi connectivity index (χ0v) is 11.3. The number of Topliss-reactive ketones (excluding diaryl/α,β-unsaturated/α-hetero) is 1. The Morgan fingerprint density at radius 1 is 1.35 bits per heavy atom. The summed E-state index contributed by atoms with van der Waals surface area (Å²) in [6, 6.07) is 7.55. The SMILES string of the molecule is CNc1cccc(C#Cc2cc3n(c2)CCCC3=O)n1. The molecule has 0 amide bonds. The van der Waals surface area contributed by atoms with Crippen LogP contribution in [0.5, 0.6) is 0 Å². The van der Waals surface area contributed by atoms with Crippen LogP contribution in [0.1, 0.15) is 34.6 Å². The Balaban J connectivity index is 1.88. The Morgan fingerprint density at radius 3 is 3.05 bits per heavy atom. The largest absolute Gasteiger partial charge is 0.373 e. The number of aromatic nitrogens is 2. The molecule has 0 radical (unpaired) electrons. The van der Waals surface area contributed by atoms with Gasteiger partial charge in [-0.15, -0.1) is 0 Å². The van der Waals surface area contributed by atoms with E-state index in [1.54, 1.807) is 0 Å². The summed E-state index contributed by atoms with van der Waals surface area (Å²) in [6.45, 7) is 0.899.